The first-order valence-electron chi connectivity index (χ1n) is 8.78. The molecule has 25 heavy (non-hydrogen) atoms. The van der Waals surface area contributed by atoms with E-state index in [0.29, 0.717) is 23.2 Å². The Morgan fingerprint density at radius 1 is 1.44 bits per heavy atom. The van der Waals surface area contributed by atoms with Crippen molar-refractivity contribution in [2.24, 2.45) is 5.92 Å². The second-order valence-electron chi connectivity index (χ2n) is 6.48. The van der Waals surface area contributed by atoms with Gasteiger partial charge in [0.15, 0.2) is 0 Å². The van der Waals surface area contributed by atoms with Crippen molar-refractivity contribution in [3.8, 4) is 0 Å². The molecule has 0 bridgehead atoms. The highest BCUT2D eigenvalue weighted by Gasteiger charge is 2.19. The van der Waals surface area contributed by atoms with Crippen molar-refractivity contribution in [3.63, 3.8) is 0 Å². The molecule has 1 atom stereocenters. The zero-order valence-corrected chi connectivity index (χ0v) is 15.2. The van der Waals surface area contributed by atoms with E-state index in [0.717, 1.165) is 55.7 Å². The van der Waals surface area contributed by atoms with Crippen LogP contribution in [-0.4, -0.2) is 31.1 Å². The topological polar surface area (TPSA) is 63.2 Å². The summed E-state index contributed by atoms with van der Waals surface area (Å²) < 4.78 is 5.45. The molecule has 1 aromatic rings. The summed E-state index contributed by atoms with van der Waals surface area (Å²) in [5.41, 5.74) is 1.78. The molecule has 2 N–H and O–H groups in total. The fourth-order valence-electron chi connectivity index (χ4n) is 3.36. The predicted molar refractivity (Wildman–Crippen MR) is 100 cm³/mol. The number of nitrogens with one attached hydrogen (secondary N) is 2. The first-order valence-corrected chi connectivity index (χ1v) is 9.16. The molecule has 0 aromatic carbocycles. The number of allylic oxidation sites excluding steroid dienone is 3. The molecule has 1 aliphatic carbocycles. The monoisotopic (exact) mass is 361 g/mol. The third kappa shape index (κ3) is 4.61. The lowest BCUT2D eigenvalue weighted by atomic mass is 9.96. The molecule has 1 amide bonds. The normalized spacial score (nSPS) is 20.5. The molecule has 3 rings (SSSR count). The van der Waals surface area contributed by atoms with Crippen LogP contribution in [0.4, 0.5) is 5.82 Å². The van der Waals surface area contributed by atoms with Crippen molar-refractivity contribution < 1.29 is 9.53 Å². The Bertz CT molecular complexity index is 694. The Morgan fingerprint density at radius 2 is 2.28 bits per heavy atom. The molecule has 0 radical (unpaired) electrons. The molecule has 1 aliphatic heterocycles. The van der Waals surface area contributed by atoms with E-state index in [1.54, 1.807) is 13.3 Å². The van der Waals surface area contributed by atoms with Crippen molar-refractivity contribution in [2.75, 3.05) is 25.5 Å². The first kappa shape index (κ1) is 18.0. The van der Waals surface area contributed by atoms with Crippen molar-refractivity contribution in [2.45, 2.75) is 32.1 Å². The number of carbonyl (C=O) groups is 1. The number of rotatable bonds is 5. The minimum atomic E-state index is -0.00500. The van der Waals surface area contributed by atoms with Crippen LogP contribution in [0.25, 0.3) is 5.57 Å². The average Bonchev–Trinajstić information content (AvgIpc) is 2.64. The maximum Gasteiger partial charge on any atom is 0.225 e. The number of pyridine rings is 1. The highest BCUT2D eigenvalue weighted by atomic mass is 35.5. The second kappa shape index (κ2) is 8.50. The van der Waals surface area contributed by atoms with Crippen molar-refractivity contribution in [3.05, 3.63) is 40.8 Å². The summed E-state index contributed by atoms with van der Waals surface area (Å²) in [5, 5.41) is 6.79. The molecule has 0 unspecified atom stereocenters. The number of hydrogen-bond donors (Lipinski definition) is 2. The fourth-order valence-corrected chi connectivity index (χ4v) is 3.56. The van der Waals surface area contributed by atoms with Gasteiger partial charge < -0.3 is 15.4 Å². The van der Waals surface area contributed by atoms with Crippen molar-refractivity contribution in [1.29, 1.82) is 0 Å². The van der Waals surface area contributed by atoms with Gasteiger partial charge in [0, 0.05) is 23.8 Å². The summed E-state index contributed by atoms with van der Waals surface area (Å²) in [7, 11) is 1.65. The van der Waals surface area contributed by atoms with Gasteiger partial charge in [0.25, 0.3) is 0 Å². The number of aromatic nitrogens is 1. The molecule has 6 heteroatoms. The van der Waals surface area contributed by atoms with E-state index in [-0.39, 0.29) is 5.91 Å². The summed E-state index contributed by atoms with van der Waals surface area (Å²) in [6.45, 7) is 1.95. The third-order valence-electron chi connectivity index (χ3n) is 4.62. The number of nitrogens with zero attached hydrogens (tertiary/aromatic N) is 1. The summed E-state index contributed by atoms with van der Waals surface area (Å²) >= 11 is 6.34. The highest BCUT2D eigenvalue weighted by Crippen LogP contribution is 2.34. The number of methoxy groups -OCH3 is 1. The first-order chi connectivity index (χ1) is 12.2. The molecule has 1 aromatic heterocycles. The van der Waals surface area contributed by atoms with E-state index in [4.69, 9.17) is 16.3 Å². The van der Waals surface area contributed by atoms with Gasteiger partial charge >= 0.3 is 0 Å². The van der Waals surface area contributed by atoms with Crippen LogP contribution >= 0.6 is 11.6 Å². The summed E-state index contributed by atoms with van der Waals surface area (Å²) in [4.78, 5) is 16.6. The number of ether oxygens (including phenoxy) is 1. The van der Waals surface area contributed by atoms with Crippen LogP contribution < -0.4 is 10.6 Å². The number of piperidine rings is 1. The number of amides is 1. The molecule has 134 valence electrons. The number of halogens is 1. The Hall–Kier alpha value is -1.85. The third-order valence-corrected chi connectivity index (χ3v) is 4.92. The van der Waals surface area contributed by atoms with Gasteiger partial charge in [0.2, 0.25) is 5.91 Å². The number of anilines is 1. The van der Waals surface area contributed by atoms with Crippen LogP contribution in [0, 0.1) is 5.92 Å². The summed E-state index contributed by atoms with van der Waals surface area (Å²) in [6.07, 6.45) is 10.4. The standard InChI is InChI=1S/C19H24ClN3O2/c1-25-17-7-3-2-6-14(17)15-10-18(22-12-16(15)20)23-19(24)9-13-5-4-8-21-11-13/h6-7,10,12-13,21H,2-5,8-9,11H2,1H3,(H,22,23,24)/t13-/m0/s1. The molecule has 1 fully saturated rings. The molecule has 2 heterocycles. The van der Waals surface area contributed by atoms with Gasteiger partial charge in [0.1, 0.15) is 11.6 Å². The molecule has 0 saturated carbocycles. The smallest absolute Gasteiger partial charge is 0.225 e. The van der Waals surface area contributed by atoms with E-state index in [9.17, 15) is 4.79 Å². The Morgan fingerprint density at radius 3 is 3.04 bits per heavy atom. The minimum Gasteiger partial charge on any atom is -0.496 e. The van der Waals surface area contributed by atoms with Gasteiger partial charge in [-0.05, 0) is 56.8 Å². The fraction of sp³-hybridized carbons (Fsp3) is 0.474. The van der Waals surface area contributed by atoms with E-state index < -0.39 is 0 Å². The Balaban J connectivity index is 1.72. The van der Waals surface area contributed by atoms with Crippen LogP contribution in [0.3, 0.4) is 0 Å². The van der Waals surface area contributed by atoms with Gasteiger partial charge in [-0.3, -0.25) is 4.79 Å². The maximum atomic E-state index is 12.3. The lowest BCUT2D eigenvalue weighted by molar-refractivity contribution is -0.117. The van der Waals surface area contributed by atoms with Gasteiger partial charge in [-0.15, -0.1) is 0 Å². The molecule has 2 aliphatic rings. The Kier molecular flexibility index (Phi) is 6.10. The molecule has 5 nitrogen and oxygen atoms in total. The van der Waals surface area contributed by atoms with E-state index >= 15 is 0 Å². The predicted octanol–water partition coefficient (Wildman–Crippen LogP) is 3.77. The Labute approximate surface area is 153 Å². The molecular weight excluding hydrogens is 338 g/mol. The minimum absolute atomic E-state index is 0.00500. The van der Waals surface area contributed by atoms with Gasteiger partial charge in [-0.1, -0.05) is 17.7 Å². The van der Waals surface area contributed by atoms with Gasteiger partial charge in [0.05, 0.1) is 12.1 Å². The SMILES string of the molecule is COC1=CCCC=C1c1cc(NC(=O)C[C@@H]2CCCNC2)ncc1Cl. The van der Waals surface area contributed by atoms with Crippen LogP contribution in [0.5, 0.6) is 0 Å². The van der Waals surface area contributed by atoms with Crippen LogP contribution in [0.1, 0.15) is 37.7 Å². The lowest BCUT2D eigenvalue weighted by Crippen LogP contribution is -2.32. The van der Waals surface area contributed by atoms with Crippen LogP contribution in [0.15, 0.2) is 30.2 Å². The second-order valence-corrected chi connectivity index (χ2v) is 6.89. The largest absolute Gasteiger partial charge is 0.496 e. The molecule has 0 spiro atoms. The zero-order chi connectivity index (χ0) is 17.6. The molecular formula is C19H24ClN3O2. The van der Waals surface area contributed by atoms with Crippen LogP contribution in [-0.2, 0) is 9.53 Å². The van der Waals surface area contributed by atoms with Crippen molar-refractivity contribution in [1.82, 2.24) is 10.3 Å². The van der Waals surface area contributed by atoms with Gasteiger partial charge in [-0.2, -0.15) is 0 Å². The molecule has 1 saturated heterocycles. The van der Waals surface area contributed by atoms with E-state index in [1.165, 1.54) is 0 Å². The number of carbonyl (C=O) groups excluding carboxylic acids is 1. The lowest BCUT2D eigenvalue weighted by Gasteiger charge is -2.22. The zero-order valence-electron chi connectivity index (χ0n) is 14.5. The van der Waals surface area contributed by atoms with Crippen LogP contribution in [0.2, 0.25) is 5.02 Å². The summed E-state index contributed by atoms with van der Waals surface area (Å²) in [6, 6.07) is 1.82. The summed E-state index contributed by atoms with van der Waals surface area (Å²) in [5.74, 6) is 1.72. The van der Waals surface area contributed by atoms with Crippen molar-refractivity contribution >= 4 is 28.9 Å². The van der Waals surface area contributed by atoms with E-state index in [2.05, 4.69) is 27.8 Å². The average molecular weight is 362 g/mol. The highest BCUT2D eigenvalue weighted by molar-refractivity contribution is 6.32. The van der Waals surface area contributed by atoms with Gasteiger partial charge in [-0.25, -0.2) is 4.98 Å². The maximum absolute atomic E-state index is 12.3. The quantitative estimate of drug-likeness (QED) is 0.838. The number of hydrogen-bond acceptors (Lipinski definition) is 4. The van der Waals surface area contributed by atoms with E-state index in [1.807, 2.05) is 6.07 Å².